The predicted molar refractivity (Wildman–Crippen MR) is 62.2 cm³/mol. The molecule has 0 radical (unpaired) electrons. The van der Waals surface area contributed by atoms with E-state index in [9.17, 15) is 9.59 Å². The van der Waals surface area contributed by atoms with Crippen LogP contribution in [0.3, 0.4) is 0 Å². The van der Waals surface area contributed by atoms with Gasteiger partial charge in [-0.25, -0.2) is 4.79 Å². The summed E-state index contributed by atoms with van der Waals surface area (Å²) in [7, 11) is 0. The van der Waals surface area contributed by atoms with E-state index in [0.29, 0.717) is 5.69 Å². The summed E-state index contributed by atoms with van der Waals surface area (Å²) in [6, 6.07) is 1.65. The van der Waals surface area contributed by atoms with Crippen LogP contribution in [-0.4, -0.2) is 33.8 Å². The van der Waals surface area contributed by atoms with Crippen LogP contribution in [0.15, 0.2) is 23.6 Å². The third kappa shape index (κ3) is 2.45. The minimum Gasteiger partial charge on any atom is -0.477 e. The van der Waals surface area contributed by atoms with Gasteiger partial charge >= 0.3 is 5.97 Å². The molecule has 0 aromatic carbocycles. The number of aryl methyl sites for hydroxylation is 1. The number of rotatable bonds is 3. The quantitative estimate of drug-likeness (QED) is 0.815. The molecule has 1 aromatic heterocycles. The molecule has 2 rings (SSSR count). The van der Waals surface area contributed by atoms with E-state index in [1.165, 1.54) is 0 Å². The Morgan fingerprint density at radius 2 is 2.33 bits per heavy atom. The van der Waals surface area contributed by atoms with Crippen LogP contribution in [0.25, 0.3) is 0 Å². The monoisotopic (exact) mass is 249 g/mol. The Labute approximate surface area is 102 Å². The average Bonchev–Trinajstić information content (AvgIpc) is 2.81. The van der Waals surface area contributed by atoms with Crippen molar-refractivity contribution in [3.05, 3.63) is 24.0 Å². The first-order valence-corrected chi connectivity index (χ1v) is 5.25. The summed E-state index contributed by atoms with van der Waals surface area (Å²) in [4.78, 5) is 31.1. The first-order chi connectivity index (χ1) is 8.58. The Morgan fingerprint density at radius 1 is 1.56 bits per heavy atom. The summed E-state index contributed by atoms with van der Waals surface area (Å²) in [5.41, 5.74) is 1.27. The molecule has 2 heterocycles. The predicted octanol–water partition coefficient (Wildman–Crippen LogP) is 0.558. The molecule has 1 aromatic rings. The van der Waals surface area contributed by atoms with Gasteiger partial charge in [-0.15, -0.1) is 0 Å². The zero-order valence-corrected chi connectivity index (χ0v) is 9.58. The van der Waals surface area contributed by atoms with Crippen LogP contribution in [0.1, 0.15) is 12.0 Å². The van der Waals surface area contributed by atoms with Gasteiger partial charge in [0.25, 0.3) is 5.91 Å². The number of amides is 1. The SMILES string of the molecule is Cc1cnccc1NC(=O)C1CC(C(=O)O)=NO1. The van der Waals surface area contributed by atoms with Gasteiger partial charge in [0, 0.05) is 24.5 Å². The number of anilines is 1. The number of hydrogen-bond donors (Lipinski definition) is 2. The summed E-state index contributed by atoms with van der Waals surface area (Å²) >= 11 is 0. The van der Waals surface area contributed by atoms with E-state index in [1.54, 1.807) is 25.4 Å². The number of aliphatic carboxylic acids is 1. The van der Waals surface area contributed by atoms with Gasteiger partial charge in [0.2, 0.25) is 6.10 Å². The highest BCUT2D eigenvalue weighted by molar-refractivity contribution is 6.36. The van der Waals surface area contributed by atoms with Crippen molar-refractivity contribution in [3.8, 4) is 0 Å². The van der Waals surface area contributed by atoms with Crippen molar-refractivity contribution in [1.82, 2.24) is 4.98 Å². The Kier molecular flexibility index (Phi) is 3.22. The van der Waals surface area contributed by atoms with Gasteiger partial charge in [0.05, 0.1) is 0 Å². The van der Waals surface area contributed by atoms with Crippen LogP contribution in [0.4, 0.5) is 5.69 Å². The highest BCUT2D eigenvalue weighted by Crippen LogP contribution is 2.16. The maximum absolute atomic E-state index is 11.8. The summed E-state index contributed by atoms with van der Waals surface area (Å²) in [6.07, 6.45) is 2.23. The number of aromatic nitrogens is 1. The van der Waals surface area contributed by atoms with E-state index >= 15 is 0 Å². The van der Waals surface area contributed by atoms with Gasteiger partial charge in [-0.3, -0.25) is 9.78 Å². The molecule has 18 heavy (non-hydrogen) atoms. The number of pyridine rings is 1. The molecule has 0 aliphatic carbocycles. The highest BCUT2D eigenvalue weighted by Gasteiger charge is 2.31. The van der Waals surface area contributed by atoms with Crippen molar-refractivity contribution >= 4 is 23.3 Å². The smallest absolute Gasteiger partial charge is 0.353 e. The van der Waals surface area contributed by atoms with Crippen LogP contribution >= 0.6 is 0 Å². The largest absolute Gasteiger partial charge is 0.477 e. The van der Waals surface area contributed by atoms with Crippen LogP contribution in [-0.2, 0) is 14.4 Å². The number of carbonyl (C=O) groups excluding carboxylic acids is 1. The third-order valence-electron chi connectivity index (χ3n) is 2.49. The van der Waals surface area contributed by atoms with Gasteiger partial charge in [0.15, 0.2) is 5.71 Å². The van der Waals surface area contributed by atoms with Crippen molar-refractivity contribution in [2.24, 2.45) is 5.16 Å². The zero-order valence-electron chi connectivity index (χ0n) is 9.58. The fraction of sp³-hybridized carbons (Fsp3) is 0.273. The molecule has 2 N–H and O–H groups in total. The second kappa shape index (κ2) is 4.82. The second-order valence-electron chi connectivity index (χ2n) is 3.82. The summed E-state index contributed by atoms with van der Waals surface area (Å²) in [6.45, 7) is 1.80. The third-order valence-corrected chi connectivity index (χ3v) is 2.49. The molecular weight excluding hydrogens is 238 g/mol. The van der Waals surface area contributed by atoms with E-state index in [2.05, 4.69) is 15.5 Å². The van der Waals surface area contributed by atoms with Crippen molar-refractivity contribution in [1.29, 1.82) is 0 Å². The molecule has 7 heteroatoms. The second-order valence-corrected chi connectivity index (χ2v) is 3.82. The van der Waals surface area contributed by atoms with Crippen molar-refractivity contribution in [2.75, 3.05) is 5.32 Å². The maximum atomic E-state index is 11.8. The molecule has 1 amide bonds. The highest BCUT2D eigenvalue weighted by atomic mass is 16.6. The first kappa shape index (κ1) is 12.0. The lowest BCUT2D eigenvalue weighted by molar-refractivity contribution is -0.129. The van der Waals surface area contributed by atoms with Crippen LogP contribution in [0.2, 0.25) is 0 Å². The fourth-order valence-corrected chi connectivity index (χ4v) is 1.47. The van der Waals surface area contributed by atoms with E-state index in [1.807, 2.05) is 0 Å². The lowest BCUT2D eigenvalue weighted by Gasteiger charge is -2.10. The van der Waals surface area contributed by atoms with Crippen LogP contribution < -0.4 is 5.32 Å². The van der Waals surface area contributed by atoms with Gasteiger partial charge in [-0.2, -0.15) is 0 Å². The molecule has 0 bridgehead atoms. The summed E-state index contributed by atoms with van der Waals surface area (Å²) in [5.74, 6) is -1.60. The maximum Gasteiger partial charge on any atom is 0.353 e. The lowest BCUT2D eigenvalue weighted by Crippen LogP contribution is -2.29. The minimum atomic E-state index is -1.18. The number of nitrogens with one attached hydrogen (secondary N) is 1. The number of carbonyl (C=O) groups is 2. The molecule has 1 aliphatic rings. The Bertz CT molecular complexity index is 527. The summed E-state index contributed by atoms with van der Waals surface area (Å²) in [5, 5.41) is 14.7. The fourth-order valence-electron chi connectivity index (χ4n) is 1.47. The van der Waals surface area contributed by atoms with Crippen molar-refractivity contribution in [3.63, 3.8) is 0 Å². The van der Waals surface area contributed by atoms with Crippen molar-refractivity contribution in [2.45, 2.75) is 19.4 Å². The van der Waals surface area contributed by atoms with Gasteiger partial charge in [-0.05, 0) is 18.6 Å². The molecule has 1 unspecified atom stereocenters. The van der Waals surface area contributed by atoms with E-state index in [4.69, 9.17) is 9.94 Å². The van der Waals surface area contributed by atoms with E-state index in [-0.39, 0.29) is 12.1 Å². The Balaban J connectivity index is 1.99. The molecule has 0 fully saturated rings. The number of nitrogens with zero attached hydrogens (tertiary/aromatic N) is 2. The average molecular weight is 249 g/mol. The van der Waals surface area contributed by atoms with E-state index in [0.717, 1.165) is 5.56 Å². The Morgan fingerprint density at radius 3 is 2.94 bits per heavy atom. The number of hydrogen-bond acceptors (Lipinski definition) is 5. The molecule has 7 nitrogen and oxygen atoms in total. The molecule has 0 spiro atoms. The van der Waals surface area contributed by atoms with Gasteiger partial charge in [0.1, 0.15) is 0 Å². The molecule has 94 valence electrons. The van der Waals surface area contributed by atoms with E-state index < -0.39 is 18.0 Å². The molecular formula is C11H11N3O4. The molecule has 0 saturated heterocycles. The van der Waals surface area contributed by atoms with Crippen LogP contribution in [0.5, 0.6) is 0 Å². The minimum absolute atomic E-state index is 0.0364. The number of oxime groups is 1. The van der Waals surface area contributed by atoms with Gasteiger partial charge < -0.3 is 15.3 Å². The number of carboxylic acid groups (broad SMARTS) is 1. The molecule has 0 saturated carbocycles. The summed E-state index contributed by atoms with van der Waals surface area (Å²) < 4.78 is 0. The standard InChI is InChI=1S/C11H11N3O4/c1-6-5-12-3-2-7(6)13-10(15)9-4-8(11(16)17)14-18-9/h2-3,5,9H,4H2,1H3,(H,16,17)(H,12,13,15). The van der Waals surface area contributed by atoms with Crippen LogP contribution in [0, 0.1) is 6.92 Å². The zero-order chi connectivity index (χ0) is 13.1. The normalized spacial score (nSPS) is 17.8. The Hall–Kier alpha value is -2.44. The lowest BCUT2D eigenvalue weighted by atomic mass is 10.1. The van der Waals surface area contributed by atoms with Gasteiger partial charge in [-0.1, -0.05) is 5.16 Å². The topological polar surface area (TPSA) is 101 Å². The molecule has 1 aliphatic heterocycles. The first-order valence-electron chi connectivity index (χ1n) is 5.25. The number of carboxylic acids is 1. The molecule has 1 atom stereocenters. The van der Waals surface area contributed by atoms with Crippen molar-refractivity contribution < 1.29 is 19.5 Å².